The smallest absolute Gasteiger partial charge is 0.277 e. The first-order valence-electron chi connectivity index (χ1n) is 8.57. The van der Waals surface area contributed by atoms with Crippen molar-refractivity contribution < 1.29 is 4.79 Å². The van der Waals surface area contributed by atoms with E-state index in [0.717, 1.165) is 5.56 Å². The number of aromatic nitrogens is 5. The molecule has 3 heterocycles. The molecule has 0 aliphatic rings. The molecule has 0 bridgehead atoms. The largest absolute Gasteiger partial charge is 0.289 e. The van der Waals surface area contributed by atoms with Crippen LogP contribution in [0.3, 0.4) is 0 Å². The van der Waals surface area contributed by atoms with E-state index in [-0.39, 0.29) is 17.2 Å². The van der Waals surface area contributed by atoms with E-state index in [0.29, 0.717) is 22.5 Å². The van der Waals surface area contributed by atoms with Crippen LogP contribution >= 0.6 is 11.3 Å². The Morgan fingerprint density at radius 3 is 2.82 bits per heavy atom. The molecule has 0 atom stereocenters. The molecule has 4 aromatic rings. The van der Waals surface area contributed by atoms with Crippen LogP contribution in [-0.2, 0) is 13.6 Å². The summed E-state index contributed by atoms with van der Waals surface area (Å²) in [5.41, 5.74) is 6.81. The highest BCUT2D eigenvalue weighted by atomic mass is 32.1. The van der Waals surface area contributed by atoms with Crippen molar-refractivity contribution in [2.24, 2.45) is 7.05 Å². The number of para-hydroxylation sites is 1. The van der Waals surface area contributed by atoms with E-state index in [4.69, 9.17) is 0 Å². The average molecular weight is 395 g/mol. The zero-order valence-corrected chi connectivity index (χ0v) is 16.0. The van der Waals surface area contributed by atoms with E-state index in [9.17, 15) is 9.59 Å². The van der Waals surface area contributed by atoms with Crippen LogP contribution in [0.2, 0.25) is 0 Å². The van der Waals surface area contributed by atoms with Crippen LogP contribution in [0.15, 0.2) is 46.8 Å². The molecule has 4 rings (SSSR count). The summed E-state index contributed by atoms with van der Waals surface area (Å²) in [6, 6.07) is 7.09. The average Bonchev–Trinajstić information content (AvgIpc) is 3.35. The Morgan fingerprint density at radius 2 is 2.07 bits per heavy atom. The van der Waals surface area contributed by atoms with Crippen molar-refractivity contribution in [1.29, 1.82) is 0 Å². The first kappa shape index (κ1) is 17.9. The molecule has 0 radical (unpaired) electrons. The number of carbonyl (C=O) groups is 1. The Labute approximate surface area is 163 Å². The van der Waals surface area contributed by atoms with Gasteiger partial charge in [-0.3, -0.25) is 29.7 Å². The van der Waals surface area contributed by atoms with E-state index in [1.807, 2.05) is 26.2 Å². The van der Waals surface area contributed by atoms with E-state index in [1.54, 1.807) is 34.5 Å². The highest BCUT2D eigenvalue weighted by Crippen LogP contribution is 2.22. The fourth-order valence-corrected chi connectivity index (χ4v) is 3.55. The van der Waals surface area contributed by atoms with Crippen molar-refractivity contribution in [2.45, 2.75) is 13.5 Å². The molecule has 28 heavy (non-hydrogen) atoms. The monoisotopic (exact) mass is 395 g/mol. The number of benzene rings is 1. The van der Waals surface area contributed by atoms with Crippen molar-refractivity contribution in [2.75, 3.05) is 5.43 Å². The van der Waals surface area contributed by atoms with Gasteiger partial charge in [0, 0.05) is 30.7 Å². The van der Waals surface area contributed by atoms with Gasteiger partial charge in [-0.2, -0.15) is 5.10 Å². The van der Waals surface area contributed by atoms with Crippen LogP contribution in [0.1, 0.15) is 17.4 Å². The first-order valence-corrected chi connectivity index (χ1v) is 9.45. The third kappa shape index (κ3) is 3.25. The number of amides is 1. The standard InChI is InChI=1S/C18H17N7O2S/c1-3-25-17(27)12-6-4-5-7-13(12)21-18(25)23-22-15(26)14-10-28-16(20-14)11-8-19-24(2)9-11/h4-10H,3H2,1-2H3,(H,21,23)(H,22,26). The van der Waals surface area contributed by atoms with Crippen molar-refractivity contribution in [3.05, 3.63) is 58.1 Å². The van der Waals surface area contributed by atoms with Gasteiger partial charge in [-0.1, -0.05) is 12.1 Å². The van der Waals surface area contributed by atoms with Gasteiger partial charge >= 0.3 is 0 Å². The maximum absolute atomic E-state index is 12.6. The fourth-order valence-electron chi connectivity index (χ4n) is 2.78. The molecule has 0 aliphatic carbocycles. The summed E-state index contributed by atoms with van der Waals surface area (Å²) in [6.07, 6.45) is 3.52. The molecule has 0 spiro atoms. The number of fused-ring (bicyclic) bond motifs is 1. The van der Waals surface area contributed by atoms with E-state index < -0.39 is 5.91 Å². The summed E-state index contributed by atoms with van der Waals surface area (Å²) < 4.78 is 3.14. The van der Waals surface area contributed by atoms with Crippen LogP contribution in [0, 0.1) is 0 Å². The molecule has 1 amide bonds. The third-order valence-electron chi connectivity index (χ3n) is 4.15. The lowest BCUT2D eigenvalue weighted by Gasteiger charge is -2.13. The van der Waals surface area contributed by atoms with Crippen molar-refractivity contribution in [3.63, 3.8) is 0 Å². The van der Waals surface area contributed by atoms with Gasteiger partial charge in [-0.15, -0.1) is 11.3 Å². The lowest BCUT2D eigenvalue weighted by Crippen LogP contribution is -2.34. The fraction of sp³-hybridized carbons (Fsp3) is 0.167. The lowest BCUT2D eigenvalue weighted by atomic mass is 10.2. The predicted molar refractivity (Wildman–Crippen MR) is 107 cm³/mol. The topological polar surface area (TPSA) is 107 Å². The second-order valence-electron chi connectivity index (χ2n) is 6.02. The van der Waals surface area contributed by atoms with Crippen LogP contribution in [-0.4, -0.2) is 30.2 Å². The molecule has 0 unspecified atom stereocenters. The lowest BCUT2D eigenvalue weighted by molar-refractivity contribution is 0.0958. The van der Waals surface area contributed by atoms with Gasteiger partial charge < -0.3 is 0 Å². The Bertz CT molecular complexity index is 1220. The molecule has 0 saturated heterocycles. The number of anilines is 1. The minimum absolute atomic E-state index is 0.169. The van der Waals surface area contributed by atoms with Gasteiger partial charge in [0.15, 0.2) is 0 Å². The summed E-state index contributed by atoms with van der Waals surface area (Å²) in [5, 5.41) is 7.00. The van der Waals surface area contributed by atoms with Crippen LogP contribution in [0.4, 0.5) is 5.95 Å². The second kappa shape index (κ2) is 7.24. The molecule has 9 nitrogen and oxygen atoms in total. The molecule has 0 aliphatic heterocycles. The highest BCUT2D eigenvalue weighted by Gasteiger charge is 2.14. The van der Waals surface area contributed by atoms with E-state index in [2.05, 4.69) is 25.9 Å². The number of nitrogens with one attached hydrogen (secondary N) is 2. The molecule has 142 valence electrons. The van der Waals surface area contributed by atoms with E-state index >= 15 is 0 Å². The summed E-state index contributed by atoms with van der Waals surface area (Å²) in [5.74, 6) is -0.154. The number of thiazole rings is 1. The minimum Gasteiger partial charge on any atom is -0.277 e. The van der Waals surface area contributed by atoms with Gasteiger partial charge in [-0.25, -0.2) is 9.97 Å². The SMILES string of the molecule is CCn1c(NNC(=O)c2csc(-c3cnn(C)c3)n2)nc2ccccc2c1=O. The van der Waals surface area contributed by atoms with Gasteiger partial charge in [0.05, 0.1) is 17.1 Å². The molecule has 1 aromatic carbocycles. The Hall–Kier alpha value is -3.53. The summed E-state index contributed by atoms with van der Waals surface area (Å²) in [4.78, 5) is 33.8. The van der Waals surface area contributed by atoms with Gasteiger partial charge in [0.1, 0.15) is 10.7 Å². The van der Waals surface area contributed by atoms with Crippen LogP contribution < -0.4 is 16.4 Å². The number of hydrazine groups is 1. The summed E-state index contributed by atoms with van der Waals surface area (Å²) in [7, 11) is 1.82. The normalized spacial score (nSPS) is 10.9. The van der Waals surface area contributed by atoms with Crippen molar-refractivity contribution in [3.8, 4) is 10.6 Å². The van der Waals surface area contributed by atoms with Gasteiger partial charge in [0.25, 0.3) is 11.5 Å². The molecule has 3 aromatic heterocycles. The Kier molecular flexibility index (Phi) is 4.62. The van der Waals surface area contributed by atoms with Crippen LogP contribution in [0.5, 0.6) is 0 Å². The molecular formula is C18H17N7O2S. The number of aryl methyl sites for hydroxylation is 1. The van der Waals surface area contributed by atoms with Crippen LogP contribution in [0.25, 0.3) is 21.5 Å². The van der Waals surface area contributed by atoms with Gasteiger partial charge in [-0.05, 0) is 19.1 Å². The molecule has 0 saturated carbocycles. The third-order valence-corrected chi connectivity index (χ3v) is 5.05. The quantitative estimate of drug-likeness (QED) is 0.501. The van der Waals surface area contributed by atoms with E-state index in [1.165, 1.54) is 15.9 Å². The number of nitrogens with zero attached hydrogens (tertiary/aromatic N) is 5. The molecule has 0 fully saturated rings. The van der Waals surface area contributed by atoms with Crippen molar-refractivity contribution in [1.82, 2.24) is 29.7 Å². The minimum atomic E-state index is -0.420. The zero-order chi connectivity index (χ0) is 19.7. The summed E-state index contributed by atoms with van der Waals surface area (Å²) >= 11 is 1.35. The number of rotatable bonds is 5. The number of hydrogen-bond donors (Lipinski definition) is 2. The molecule has 10 heteroatoms. The molecular weight excluding hydrogens is 378 g/mol. The maximum Gasteiger partial charge on any atom is 0.289 e. The van der Waals surface area contributed by atoms with Crippen molar-refractivity contribution >= 4 is 34.1 Å². The first-order chi connectivity index (χ1) is 13.6. The number of hydrogen-bond acceptors (Lipinski definition) is 7. The molecule has 2 N–H and O–H groups in total. The Balaban J connectivity index is 1.55. The predicted octanol–water partition coefficient (Wildman–Crippen LogP) is 2.03. The zero-order valence-electron chi connectivity index (χ0n) is 15.2. The highest BCUT2D eigenvalue weighted by molar-refractivity contribution is 7.13. The Morgan fingerprint density at radius 1 is 1.25 bits per heavy atom. The maximum atomic E-state index is 12.6. The van der Waals surface area contributed by atoms with Gasteiger partial charge in [0.2, 0.25) is 5.95 Å². The second-order valence-corrected chi connectivity index (χ2v) is 6.88. The number of carbonyl (C=O) groups excluding carboxylic acids is 1. The summed E-state index contributed by atoms with van der Waals surface area (Å²) in [6.45, 7) is 2.25.